The van der Waals surface area contributed by atoms with Gasteiger partial charge in [-0.05, 0) is 62.8 Å². The number of sulfonamides is 1. The number of hydrogen-bond acceptors (Lipinski definition) is 6. The van der Waals surface area contributed by atoms with Gasteiger partial charge in [0.2, 0.25) is 10.0 Å². The predicted molar refractivity (Wildman–Crippen MR) is 114 cm³/mol. The Morgan fingerprint density at radius 3 is 2.75 bits per heavy atom. The quantitative estimate of drug-likeness (QED) is 0.804. The number of thiophene rings is 1. The minimum Gasteiger partial charge on any atom is -0.356 e. The molecule has 3 heterocycles. The third kappa shape index (κ3) is 3.78. The SMILES string of the molecule is CS(=O)(=O)NCC1CCCN(c2nc(C3CC3)nc3sc4c(c23)CCCC4)C1. The lowest BCUT2D eigenvalue weighted by Crippen LogP contribution is -2.41. The Balaban J connectivity index is 1.50. The summed E-state index contributed by atoms with van der Waals surface area (Å²) in [6, 6.07) is 0. The summed E-state index contributed by atoms with van der Waals surface area (Å²) in [7, 11) is -3.15. The second-order valence-corrected chi connectivity index (χ2v) is 11.6. The van der Waals surface area contributed by atoms with Gasteiger partial charge in [0.05, 0.1) is 11.6 Å². The molecule has 8 heteroatoms. The molecule has 152 valence electrons. The van der Waals surface area contributed by atoms with Gasteiger partial charge in [-0.2, -0.15) is 0 Å². The third-order valence-corrected chi connectivity index (χ3v) is 8.08. The highest BCUT2D eigenvalue weighted by Gasteiger charge is 2.32. The first-order valence-electron chi connectivity index (χ1n) is 10.5. The Labute approximate surface area is 170 Å². The van der Waals surface area contributed by atoms with Crippen LogP contribution >= 0.6 is 11.3 Å². The van der Waals surface area contributed by atoms with Crippen LogP contribution in [0, 0.1) is 5.92 Å². The Kier molecular flexibility index (Phi) is 4.83. The zero-order valence-corrected chi connectivity index (χ0v) is 18.0. The smallest absolute Gasteiger partial charge is 0.208 e. The second-order valence-electron chi connectivity index (χ2n) is 8.65. The molecule has 1 atom stereocenters. The van der Waals surface area contributed by atoms with Gasteiger partial charge in [-0.25, -0.2) is 23.1 Å². The molecule has 0 amide bonds. The summed E-state index contributed by atoms with van der Waals surface area (Å²) < 4.78 is 25.7. The van der Waals surface area contributed by atoms with Crippen LogP contribution in [0.4, 0.5) is 5.82 Å². The molecule has 1 saturated heterocycles. The summed E-state index contributed by atoms with van der Waals surface area (Å²) in [5.41, 5.74) is 1.49. The number of nitrogens with one attached hydrogen (secondary N) is 1. The van der Waals surface area contributed by atoms with E-state index in [4.69, 9.17) is 9.97 Å². The maximum Gasteiger partial charge on any atom is 0.208 e. The molecule has 0 bridgehead atoms. The topological polar surface area (TPSA) is 75.2 Å². The average Bonchev–Trinajstić information content (AvgIpc) is 3.46. The van der Waals surface area contributed by atoms with E-state index in [0.29, 0.717) is 18.4 Å². The Morgan fingerprint density at radius 2 is 1.96 bits per heavy atom. The summed E-state index contributed by atoms with van der Waals surface area (Å²) in [6.45, 7) is 2.38. The van der Waals surface area contributed by atoms with Gasteiger partial charge in [-0.15, -0.1) is 11.3 Å². The molecule has 5 rings (SSSR count). The van der Waals surface area contributed by atoms with Crippen molar-refractivity contribution in [1.82, 2.24) is 14.7 Å². The molecule has 0 aromatic carbocycles. The normalized spacial score (nSPS) is 23.2. The Hall–Kier alpha value is -1.25. The molecule has 6 nitrogen and oxygen atoms in total. The highest BCUT2D eigenvalue weighted by molar-refractivity contribution is 7.88. The molecule has 3 aliphatic rings. The fourth-order valence-electron chi connectivity index (χ4n) is 4.60. The van der Waals surface area contributed by atoms with E-state index in [-0.39, 0.29) is 0 Å². The van der Waals surface area contributed by atoms with Crippen molar-refractivity contribution in [1.29, 1.82) is 0 Å². The van der Waals surface area contributed by atoms with Crippen LogP contribution in [0.3, 0.4) is 0 Å². The summed E-state index contributed by atoms with van der Waals surface area (Å²) in [5.74, 6) is 3.01. The fraction of sp³-hybridized carbons (Fsp3) is 0.700. The summed E-state index contributed by atoms with van der Waals surface area (Å²) >= 11 is 1.88. The lowest BCUT2D eigenvalue weighted by molar-refractivity contribution is 0.410. The first-order chi connectivity index (χ1) is 13.5. The first kappa shape index (κ1) is 18.8. The molecule has 28 heavy (non-hydrogen) atoms. The van der Waals surface area contributed by atoms with E-state index in [1.54, 1.807) is 0 Å². The van der Waals surface area contributed by atoms with Gasteiger partial charge in [0, 0.05) is 30.4 Å². The number of piperidine rings is 1. The molecule has 0 radical (unpaired) electrons. The number of aryl methyl sites for hydroxylation is 2. The summed E-state index contributed by atoms with van der Waals surface area (Å²) in [4.78, 5) is 15.2. The number of rotatable bonds is 5. The standard InChI is InChI=1S/C20H28N4O2S2/c1-28(25,26)21-11-13-5-4-10-24(12-13)19-17-15-6-2-3-7-16(15)27-20(17)23-18(22-19)14-8-9-14/h13-14,21H,2-12H2,1H3. The Bertz CT molecular complexity index is 997. The van der Waals surface area contributed by atoms with E-state index in [1.807, 2.05) is 11.3 Å². The van der Waals surface area contributed by atoms with E-state index < -0.39 is 10.0 Å². The number of nitrogens with zero attached hydrogens (tertiary/aromatic N) is 3. The monoisotopic (exact) mass is 420 g/mol. The minimum atomic E-state index is -3.15. The number of aromatic nitrogens is 2. The maximum atomic E-state index is 11.5. The van der Waals surface area contributed by atoms with E-state index >= 15 is 0 Å². The van der Waals surface area contributed by atoms with Crippen LogP contribution in [0.2, 0.25) is 0 Å². The fourth-order valence-corrected chi connectivity index (χ4v) is 6.40. The molecule has 2 aromatic rings. The zero-order valence-electron chi connectivity index (χ0n) is 16.4. The summed E-state index contributed by atoms with van der Waals surface area (Å²) in [5, 5.41) is 1.29. The van der Waals surface area contributed by atoms with Crippen LogP contribution in [0.15, 0.2) is 0 Å². The van der Waals surface area contributed by atoms with E-state index in [1.165, 1.54) is 59.0 Å². The van der Waals surface area contributed by atoms with Gasteiger partial charge in [0.25, 0.3) is 0 Å². The highest BCUT2D eigenvalue weighted by atomic mass is 32.2. The largest absolute Gasteiger partial charge is 0.356 e. The van der Waals surface area contributed by atoms with E-state index in [2.05, 4.69) is 9.62 Å². The van der Waals surface area contributed by atoms with E-state index in [9.17, 15) is 8.42 Å². The third-order valence-electron chi connectivity index (χ3n) is 6.21. The molecular formula is C20H28N4O2S2. The van der Waals surface area contributed by atoms with Gasteiger partial charge in [-0.1, -0.05) is 0 Å². The predicted octanol–water partition coefficient (Wildman–Crippen LogP) is 3.21. The van der Waals surface area contributed by atoms with Gasteiger partial charge in [0.15, 0.2) is 0 Å². The van der Waals surface area contributed by atoms with Crippen molar-refractivity contribution in [3.63, 3.8) is 0 Å². The van der Waals surface area contributed by atoms with Crippen molar-refractivity contribution in [2.45, 2.75) is 57.3 Å². The van der Waals surface area contributed by atoms with Crippen molar-refractivity contribution in [2.75, 3.05) is 30.8 Å². The highest BCUT2D eigenvalue weighted by Crippen LogP contribution is 2.44. The van der Waals surface area contributed by atoms with Crippen LogP contribution in [0.5, 0.6) is 0 Å². The average molecular weight is 421 g/mol. The van der Waals surface area contributed by atoms with Crippen molar-refractivity contribution in [3.05, 3.63) is 16.3 Å². The lowest BCUT2D eigenvalue weighted by atomic mass is 9.95. The molecule has 1 saturated carbocycles. The molecule has 1 unspecified atom stereocenters. The summed E-state index contributed by atoms with van der Waals surface area (Å²) in [6.07, 6.45) is 10.6. The molecule has 2 fully saturated rings. The van der Waals surface area contributed by atoms with Crippen LogP contribution in [-0.4, -0.2) is 44.3 Å². The van der Waals surface area contributed by atoms with Crippen LogP contribution in [-0.2, 0) is 22.9 Å². The van der Waals surface area contributed by atoms with Crippen LogP contribution in [0.25, 0.3) is 10.2 Å². The van der Waals surface area contributed by atoms with Crippen molar-refractivity contribution >= 4 is 37.4 Å². The van der Waals surface area contributed by atoms with Crippen molar-refractivity contribution in [3.8, 4) is 0 Å². The molecule has 1 aliphatic heterocycles. The second kappa shape index (κ2) is 7.22. The molecule has 2 aromatic heterocycles. The Morgan fingerprint density at radius 1 is 1.14 bits per heavy atom. The minimum absolute atomic E-state index is 0.326. The van der Waals surface area contributed by atoms with E-state index in [0.717, 1.165) is 44.0 Å². The van der Waals surface area contributed by atoms with Gasteiger partial charge in [-0.3, -0.25) is 0 Å². The van der Waals surface area contributed by atoms with Crippen LogP contribution in [0.1, 0.15) is 60.7 Å². The zero-order chi connectivity index (χ0) is 19.3. The van der Waals surface area contributed by atoms with Crippen molar-refractivity contribution in [2.24, 2.45) is 5.92 Å². The molecule has 1 N–H and O–H groups in total. The lowest BCUT2D eigenvalue weighted by Gasteiger charge is -2.34. The molecular weight excluding hydrogens is 392 g/mol. The van der Waals surface area contributed by atoms with Gasteiger partial charge < -0.3 is 4.90 Å². The maximum absolute atomic E-state index is 11.5. The number of anilines is 1. The van der Waals surface area contributed by atoms with Gasteiger partial charge >= 0.3 is 0 Å². The van der Waals surface area contributed by atoms with Crippen molar-refractivity contribution < 1.29 is 8.42 Å². The molecule has 2 aliphatic carbocycles. The van der Waals surface area contributed by atoms with Gasteiger partial charge in [0.1, 0.15) is 16.5 Å². The first-order valence-corrected chi connectivity index (χ1v) is 13.2. The number of fused-ring (bicyclic) bond motifs is 3. The molecule has 0 spiro atoms. The number of hydrogen-bond donors (Lipinski definition) is 1. The van der Waals surface area contributed by atoms with Crippen LogP contribution < -0.4 is 9.62 Å².